The quantitative estimate of drug-likeness (QED) is 0.0704. The van der Waals surface area contributed by atoms with Crippen LogP contribution in [-0.4, -0.2) is 91.6 Å². The lowest BCUT2D eigenvalue weighted by molar-refractivity contribution is -0.343. The molecule has 59 heavy (non-hydrogen) atoms. The highest BCUT2D eigenvalue weighted by atomic mass is 16.5. The van der Waals surface area contributed by atoms with Crippen molar-refractivity contribution in [3.8, 4) is 11.8 Å². The molecule has 5 fully saturated rings. The van der Waals surface area contributed by atoms with Crippen LogP contribution >= 0.6 is 0 Å². The predicted molar refractivity (Wildman–Crippen MR) is 222 cm³/mol. The van der Waals surface area contributed by atoms with Crippen LogP contribution < -0.4 is 5.32 Å². The van der Waals surface area contributed by atoms with Crippen LogP contribution in [0, 0.1) is 63.6 Å². The lowest BCUT2D eigenvalue weighted by Gasteiger charge is -2.72. The van der Waals surface area contributed by atoms with Crippen LogP contribution in [0.5, 0.6) is 0 Å². The summed E-state index contributed by atoms with van der Waals surface area (Å²) < 4.78 is 6.24. The number of hydrogen-bond donors (Lipinski definition) is 7. The first-order valence-electron chi connectivity index (χ1n) is 22.9. The van der Waals surface area contributed by atoms with E-state index in [2.05, 4.69) is 37.9 Å². The summed E-state index contributed by atoms with van der Waals surface area (Å²) in [6.07, 6.45) is 8.67. The van der Waals surface area contributed by atoms with Gasteiger partial charge in [-0.05, 0) is 118 Å². The highest BCUT2D eigenvalue weighted by molar-refractivity contribution is 5.87. The fraction of sp³-hybridized carbons (Fsp3) is 0.755. The van der Waals surface area contributed by atoms with Gasteiger partial charge < -0.3 is 45.5 Å². The summed E-state index contributed by atoms with van der Waals surface area (Å²) in [6.45, 7) is 5.87. The number of nitrogens with one attached hydrogen (secondary N) is 1. The monoisotopic (exact) mass is 815 g/mol. The Kier molecular flexibility index (Phi) is 11.4. The SMILES string of the molecule is CCCCC[C@@H]1C[C@@]2(C=O)[C@@H]3CC[C@@]45CCC#Cc6cccc(CO)c6C[C@@H](NC)[C@@H]6C[C@@H](C[C@]4(O)[C@]3(O)C[C@@H](CCC(C)C)[C@]2(O)C[C@H]1O)[C@]5(CO)C1=CC(=O)O[C@H]16. The van der Waals surface area contributed by atoms with Gasteiger partial charge in [-0.2, -0.15) is 0 Å². The number of rotatable bonds is 11. The van der Waals surface area contributed by atoms with Crippen molar-refractivity contribution >= 4 is 12.3 Å². The number of ether oxygens (including phenoxy) is 1. The molecule has 8 rings (SSSR count). The average Bonchev–Trinajstić information content (AvgIpc) is 3.71. The van der Waals surface area contributed by atoms with Gasteiger partial charge in [0, 0.05) is 53.2 Å². The van der Waals surface area contributed by atoms with E-state index in [1.165, 1.54) is 0 Å². The van der Waals surface area contributed by atoms with Crippen molar-refractivity contribution in [1.29, 1.82) is 0 Å². The molecule has 6 aliphatic carbocycles. The van der Waals surface area contributed by atoms with Crippen molar-refractivity contribution in [2.45, 2.75) is 165 Å². The second-order valence-corrected chi connectivity index (χ2v) is 20.5. The Morgan fingerprint density at radius 3 is 2.53 bits per heavy atom. The summed E-state index contributed by atoms with van der Waals surface area (Å²) in [5.41, 5.74) is -5.76. The maximum absolute atomic E-state index is 14.2. The maximum Gasteiger partial charge on any atom is 0.331 e. The van der Waals surface area contributed by atoms with Crippen LogP contribution in [0.1, 0.15) is 134 Å². The largest absolute Gasteiger partial charge is 0.454 e. The topological polar surface area (TPSA) is 177 Å². The molecule has 7 aliphatic rings. The molecule has 7 N–H and O–H groups in total. The van der Waals surface area contributed by atoms with Crippen LogP contribution in [0.15, 0.2) is 29.8 Å². The van der Waals surface area contributed by atoms with Gasteiger partial charge >= 0.3 is 5.97 Å². The van der Waals surface area contributed by atoms with Crippen molar-refractivity contribution < 1.29 is 45.0 Å². The van der Waals surface area contributed by atoms with Gasteiger partial charge in [0.05, 0.1) is 35.9 Å². The zero-order valence-corrected chi connectivity index (χ0v) is 35.7. The predicted octanol–water partition coefficient (Wildman–Crippen LogP) is 4.91. The van der Waals surface area contributed by atoms with Crippen molar-refractivity contribution in [2.75, 3.05) is 13.7 Å². The normalized spacial score (nSPS) is 44.6. The minimum atomic E-state index is -1.85. The summed E-state index contributed by atoms with van der Waals surface area (Å²) in [5.74, 6) is 4.39. The average molecular weight is 816 g/mol. The van der Waals surface area contributed by atoms with Crippen LogP contribution in [0.3, 0.4) is 0 Å². The summed E-state index contributed by atoms with van der Waals surface area (Å²) >= 11 is 0. The Balaban J connectivity index is 1.33. The van der Waals surface area contributed by atoms with Crippen LogP contribution in [0.2, 0.25) is 0 Å². The molecule has 4 bridgehead atoms. The number of fused-ring (bicyclic) bond motifs is 8. The van der Waals surface area contributed by atoms with E-state index in [0.717, 1.165) is 48.7 Å². The molecule has 0 saturated heterocycles. The molecular formula is C49H69NO9. The number of hydrogen-bond acceptors (Lipinski definition) is 10. The van der Waals surface area contributed by atoms with E-state index in [-0.39, 0.29) is 68.6 Å². The molecule has 10 nitrogen and oxygen atoms in total. The highest BCUT2D eigenvalue weighted by Gasteiger charge is 2.85. The molecule has 14 atom stereocenters. The van der Waals surface area contributed by atoms with Gasteiger partial charge in [-0.1, -0.05) is 70.4 Å². The molecular weight excluding hydrogens is 747 g/mol. The molecule has 0 amide bonds. The number of carbonyl (C=O) groups excluding carboxylic acids is 2. The Morgan fingerprint density at radius 2 is 1.83 bits per heavy atom. The second kappa shape index (κ2) is 15.6. The summed E-state index contributed by atoms with van der Waals surface area (Å²) in [4.78, 5) is 27.8. The first kappa shape index (κ1) is 43.0. The number of aldehydes is 1. The van der Waals surface area contributed by atoms with Crippen molar-refractivity contribution in [3.05, 3.63) is 46.5 Å². The first-order chi connectivity index (χ1) is 28.2. The van der Waals surface area contributed by atoms with Gasteiger partial charge in [0.25, 0.3) is 0 Å². The molecule has 0 unspecified atom stereocenters. The minimum absolute atomic E-state index is 0.0552. The van der Waals surface area contributed by atoms with E-state index < -0.39 is 63.1 Å². The lowest BCUT2D eigenvalue weighted by atomic mass is 9.35. The zero-order valence-electron chi connectivity index (χ0n) is 35.7. The molecule has 1 aromatic carbocycles. The summed E-state index contributed by atoms with van der Waals surface area (Å²) in [7, 11) is 1.89. The first-order valence-corrected chi connectivity index (χ1v) is 22.9. The Hall–Kier alpha value is -2.62. The molecule has 10 heteroatoms. The number of unbranched alkanes of at least 4 members (excludes halogenated alkanes) is 2. The van der Waals surface area contributed by atoms with E-state index in [1.807, 2.05) is 25.2 Å². The molecule has 1 aromatic rings. The molecule has 5 saturated carbocycles. The number of esters is 1. The summed E-state index contributed by atoms with van der Waals surface area (Å²) in [5, 5.41) is 79.2. The Morgan fingerprint density at radius 1 is 1.03 bits per heavy atom. The lowest BCUT2D eigenvalue weighted by Crippen LogP contribution is -2.80. The smallest absolute Gasteiger partial charge is 0.331 e. The number of carbonyl (C=O) groups is 2. The molecule has 0 radical (unpaired) electrons. The second-order valence-electron chi connectivity index (χ2n) is 20.5. The van der Waals surface area contributed by atoms with Gasteiger partial charge in [0.2, 0.25) is 0 Å². The molecule has 1 heterocycles. The van der Waals surface area contributed by atoms with Crippen molar-refractivity contribution in [3.63, 3.8) is 0 Å². The van der Waals surface area contributed by atoms with Crippen LogP contribution in [-0.2, 0) is 27.4 Å². The van der Waals surface area contributed by atoms with E-state index >= 15 is 0 Å². The van der Waals surface area contributed by atoms with E-state index in [9.17, 15) is 40.2 Å². The van der Waals surface area contributed by atoms with Gasteiger partial charge in [-0.3, -0.25) is 0 Å². The van der Waals surface area contributed by atoms with Gasteiger partial charge in [-0.15, -0.1) is 0 Å². The molecule has 324 valence electrons. The van der Waals surface area contributed by atoms with Gasteiger partial charge in [-0.25, -0.2) is 4.79 Å². The van der Waals surface area contributed by atoms with Crippen molar-refractivity contribution in [2.24, 2.45) is 51.8 Å². The summed E-state index contributed by atoms with van der Waals surface area (Å²) in [6, 6.07) is 5.54. The highest BCUT2D eigenvalue weighted by Crippen LogP contribution is 2.80. The third-order valence-corrected chi connectivity index (χ3v) is 18.0. The zero-order chi connectivity index (χ0) is 42.2. The van der Waals surface area contributed by atoms with Crippen molar-refractivity contribution in [1.82, 2.24) is 5.32 Å². The Bertz CT molecular complexity index is 1890. The van der Waals surface area contributed by atoms with Crippen LogP contribution in [0.4, 0.5) is 0 Å². The molecule has 1 spiro atoms. The van der Waals surface area contributed by atoms with Gasteiger partial charge in [0.1, 0.15) is 18.0 Å². The number of likely N-dealkylation sites (N-methyl/N-ethyl adjacent to an activating group) is 1. The fourth-order valence-corrected chi connectivity index (χ4v) is 15.4. The van der Waals surface area contributed by atoms with E-state index in [4.69, 9.17) is 4.74 Å². The van der Waals surface area contributed by atoms with Gasteiger partial charge in [0.15, 0.2) is 0 Å². The fourth-order valence-electron chi connectivity index (χ4n) is 15.4. The Labute approximate surface area is 350 Å². The maximum atomic E-state index is 14.2. The molecule has 1 aliphatic heterocycles. The number of benzene rings is 1. The number of aliphatic hydroxyl groups excluding tert-OH is 3. The van der Waals surface area contributed by atoms with E-state index in [0.29, 0.717) is 56.9 Å². The number of aliphatic hydroxyl groups is 6. The molecule has 0 aromatic heterocycles. The third-order valence-electron chi connectivity index (χ3n) is 18.0. The van der Waals surface area contributed by atoms with E-state index in [1.54, 1.807) is 6.08 Å². The third kappa shape index (κ3) is 5.91. The minimum Gasteiger partial charge on any atom is -0.454 e. The standard InChI is InChI=1S/C49H69NO9/c1-5-6-7-12-32-23-44(28-52)41-17-19-45-18-9-8-11-31-13-10-14-33(27-51)36(31)21-39(50-4)37-20-35(46(45,29-53)38-22-42(55)59-43(37)38)25-49(45,58)48(41,57)24-34(16-15-30(2)3)47(44,56)26-40(32)54/h10,13-14,22,28,30,32,34-35,37,39-41,43,50-51,53-54,56-58H,5-7,9,12,15-21,23-27,29H2,1-4H3/t32-,34-,35+,37+,39-,40-,41+,43+,44-,45-,46-,47-,48+,49-/m1/s1. The van der Waals surface area contributed by atoms with Crippen LogP contribution in [0.25, 0.3) is 0 Å².